The Morgan fingerprint density at radius 2 is 1.84 bits per heavy atom. The highest BCUT2D eigenvalue weighted by Crippen LogP contribution is 2.27. The summed E-state index contributed by atoms with van der Waals surface area (Å²) in [5, 5.41) is 3.35. The SMILES string of the molecule is Cc1cccc(N(C(C)C(=O)Nc2cc(Cl)ccc2Cl)S(C)(=O)=O)c1. The number of aryl methyl sites for hydroxylation is 1. The maximum atomic E-state index is 12.6. The second-order valence-electron chi connectivity index (χ2n) is 5.69. The van der Waals surface area contributed by atoms with E-state index in [2.05, 4.69) is 5.32 Å². The smallest absolute Gasteiger partial charge is 0.248 e. The fourth-order valence-electron chi connectivity index (χ4n) is 2.40. The molecule has 0 spiro atoms. The van der Waals surface area contributed by atoms with Crippen LogP contribution in [-0.4, -0.2) is 26.6 Å². The van der Waals surface area contributed by atoms with Crippen LogP contribution in [0.3, 0.4) is 0 Å². The quantitative estimate of drug-likeness (QED) is 0.821. The normalized spacial score (nSPS) is 12.5. The Morgan fingerprint density at radius 1 is 1.16 bits per heavy atom. The number of hydrogen-bond acceptors (Lipinski definition) is 3. The van der Waals surface area contributed by atoms with Gasteiger partial charge in [-0.15, -0.1) is 0 Å². The first kappa shape index (κ1) is 19.6. The molecule has 1 N–H and O–H groups in total. The van der Waals surface area contributed by atoms with Gasteiger partial charge in [0.15, 0.2) is 0 Å². The highest BCUT2D eigenvalue weighted by Gasteiger charge is 2.29. The summed E-state index contributed by atoms with van der Waals surface area (Å²) < 4.78 is 25.6. The van der Waals surface area contributed by atoms with Crippen molar-refractivity contribution in [1.82, 2.24) is 0 Å². The van der Waals surface area contributed by atoms with Crippen molar-refractivity contribution in [1.29, 1.82) is 0 Å². The summed E-state index contributed by atoms with van der Waals surface area (Å²) in [7, 11) is -3.68. The molecule has 0 aliphatic rings. The predicted octanol–water partition coefficient (Wildman–Crippen LogP) is 4.10. The van der Waals surface area contributed by atoms with Crippen LogP contribution in [0.25, 0.3) is 0 Å². The lowest BCUT2D eigenvalue weighted by Crippen LogP contribution is -2.45. The molecular formula is C17H18Cl2N2O3S. The van der Waals surface area contributed by atoms with E-state index in [9.17, 15) is 13.2 Å². The van der Waals surface area contributed by atoms with Gasteiger partial charge >= 0.3 is 0 Å². The van der Waals surface area contributed by atoms with Crippen LogP contribution in [0.2, 0.25) is 10.0 Å². The zero-order valence-electron chi connectivity index (χ0n) is 14.0. The number of carbonyl (C=O) groups excluding carboxylic acids is 1. The fourth-order valence-corrected chi connectivity index (χ4v) is 3.91. The van der Waals surface area contributed by atoms with Gasteiger partial charge in [0.2, 0.25) is 15.9 Å². The molecule has 134 valence electrons. The lowest BCUT2D eigenvalue weighted by Gasteiger charge is -2.28. The van der Waals surface area contributed by atoms with Gasteiger partial charge < -0.3 is 5.32 Å². The topological polar surface area (TPSA) is 66.5 Å². The van der Waals surface area contributed by atoms with Crippen LogP contribution in [0.5, 0.6) is 0 Å². The minimum absolute atomic E-state index is 0.311. The minimum Gasteiger partial charge on any atom is -0.323 e. The molecule has 0 bridgehead atoms. The summed E-state index contributed by atoms with van der Waals surface area (Å²) >= 11 is 12.0. The third-order valence-corrected chi connectivity index (χ3v) is 5.34. The van der Waals surface area contributed by atoms with E-state index in [1.54, 1.807) is 30.3 Å². The Balaban J connectivity index is 2.35. The van der Waals surface area contributed by atoms with Crippen LogP contribution in [0.4, 0.5) is 11.4 Å². The number of rotatable bonds is 5. The Labute approximate surface area is 157 Å². The molecule has 5 nitrogen and oxygen atoms in total. The Kier molecular flexibility index (Phi) is 5.98. The van der Waals surface area contributed by atoms with Crippen molar-refractivity contribution in [2.24, 2.45) is 0 Å². The number of hydrogen-bond donors (Lipinski definition) is 1. The number of sulfonamides is 1. The zero-order chi connectivity index (χ0) is 18.8. The molecule has 0 fully saturated rings. The molecule has 0 saturated carbocycles. The van der Waals surface area contributed by atoms with E-state index in [-0.39, 0.29) is 0 Å². The molecule has 0 aromatic heterocycles. The standard InChI is InChI=1S/C17H18Cl2N2O3S/c1-11-5-4-6-14(9-11)21(25(3,23)24)12(2)17(22)20-16-10-13(18)7-8-15(16)19/h4-10,12H,1-3H3,(H,20,22). The molecule has 2 aromatic carbocycles. The molecule has 0 radical (unpaired) electrons. The van der Waals surface area contributed by atoms with Crippen LogP contribution in [0, 0.1) is 6.92 Å². The summed E-state index contributed by atoms with van der Waals surface area (Å²) in [6.45, 7) is 3.36. The van der Waals surface area contributed by atoms with Crippen LogP contribution >= 0.6 is 23.2 Å². The van der Waals surface area contributed by atoms with E-state index in [0.717, 1.165) is 16.1 Å². The van der Waals surface area contributed by atoms with Crippen LogP contribution in [0.15, 0.2) is 42.5 Å². The average Bonchev–Trinajstić information content (AvgIpc) is 2.49. The van der Waals surface area contributed by atoms with Crippen LogP contribution in [-0.2, 0) is 14.8 Å². The Hall–Kier alpha value is -1.76. The van der Waals surface area contributed by atoms with Crippen LogP contribution < -0.4 is 9.62 Å². The zero-order valence-corrected chi connectivity index (χ0v) is 16.3. The summed E-state index contributed by atoms with van der Waals surface area (Å²) in [5.74, 6) is -0.518. The van der Waals surface area contributed by atoms with Gasteiger partial charge in [0.25, 0.3) is 0 Å². The number of nitrogens with one attached hydrogen (secondary N) is 1. The molecule has 1 amide bonds. The average molecular weight is 401 g/mol. The van der Waals surface area contributed by atoms with Gasteiger partial charge in [-0.3, -0.25) is 9.10 Å². The third kappa shape index (κ3) is 4.87. The van der Waals surface area contributed by atoms with Gasteiger partial charge in [0.1, 0.15) is 6.04 Å². The molecular weight excluding hydrogens is 383 g/mol. The van der Waals surface area contributed by atoms with Gasteiger partial charge in [-0.1, -0.05) is 35.3 Å². The fraction of sp³-hybridized carbons (Fsp3) is 0.235. The van der Waals surface area contributed by atoms with E-state index in [0.29, 0.717) is 21.4 Å². The largest absolute Gasteiger partial charge is 0.323 e. The molecule has 8 heteroatoms. The second kappa shape index (κ2) is 7.64. The first-order valence-corrected chi connectivity index (χ1v) is 10.0. The summed E-state index contributed by atoms with van der Waals surface area (Å²) in [6, 6.07) is 10.6. The molecule has 1 atom stereocenters. The molecule has 0 aliphatic carbocycles. The number of halogens is 2. The van der Waals surface area contributed by atoms with Crippen molar-refractivity contribution in [3.05, 3.63) is 58.1 Å². The van der Waals surface area contributed by atoms with Crippen molar-refractivity contribution in [2.75, 3.05) is 15.9 Å². The van der Waals surface area contributed by atoms with Gasteiger partial charge in [-0.25, -0.2) is 8.42 Å². The lowest BCUT2D eigenvalue weighted by atomic mass is 10.2. The second-order valence-corrected chi connectivity index (χ2v) is 8.39. The highest BCUT2D eigenvalue weighted by atomic mass is 35.5. The van der Waals surface area contributed by atoms with Crippen molar-refractivity contribution < 1.29 is 13.2 Å². The van der Waals surface area contributed by atoms with Crippen molar-refractivity contribution in [2.45, 2.75) is 19.9 Å². The first-order valence-electron chi connectivity index (χ1n) is 7.41. The van der Waals surface area contributed by atoms with Gasteiger partial charge in [-0.05, 0) is 49.7 Å². The molecule has 0 aliphatic heterocycles. The molecule has 25 heavy (non-hydrogen) atoms. The maximum absolute atomic E-state index is 12.6. The van der Waals surface area contributed by atoms with Crippen molar-refractivity contribution >= 4 is 50.5 Å². The van der Waals surface area contributed by atoms with Crippen molar-refractivity contribution in [3.63, 3.8) is 0 Å². The molecule has 0 saturated heterocycles. The number of benzene rings is 2. The minimum atomic E-state index is -3.68. The number of carbonyl (C=O) groups is 1. The van der Waals surface area contributed by atoms with Gasteiger partial charge in [0, 0.05) is 5.02 Å². The number of amides is 1. The van der Waals surface area contributed by atoms with Crippen LogP contribution in [0.1, 0.15) is 12.5 Å². The first-order chi connectivity index (χ1) is 11.6. The Morgan fingerprint density at radius 3 is 2.44 bits per heavy atom. The van der Waals surface area contributed by atoms with E-state index >= 15 is 0 Å². The van der Waals surface area contributed by atoms with E-state index in [1.807, 2.05) is 13.0 Å². The molecule has 1 unspecified atom stereocenters. The Bertz CT molecular complexity index is 901. The van der Waals surface area contributed by atoms with E-state index in [1.165, 1.54) is 13.0 Å². The monoisotopic (exact) mass is 400 g/mol. The summed E-state index contributed by atoms with van der Waals surface area (Å²) in [6.07, 6.45) is 1.06. The highest BCUT2D eigenvalue weighted by molar-refractivity contribution is 7.92. The predicted molar refractivity (Wildman–Crippen MR) is 103 cm³/mol. The third-order valence-electron chi connectivity index (χ3n) is 3.53. The maximum Gasteiger partial charge on any atom is 0.248 e. The van der Waals surface area contributed by atoms with E-state index < -0.39 is 22.0 Å². The number of nitrogens with zero attached hydrogens (tertiary/aromatic N) is 1. The molecule has 0 heterocycles. The van der Waals surface area contributed by atoms with Crippen molar-refractivity contribution in [3.8, 4) is 0 Å². The van der Waals surface area contributed by atoms with Gasteiger partial charge in [0.05, 0.1) is 22.7 Å². The lowest BCUT2D eigenvalue weighted by molar-refractivity contribution is -0.116. The van der Waals surface area contributed by atoms with E-state index in [4.69, 9.17) is 23.2 Å². The summed E-state index contributed by atoms with van der Waals surface area (Å²) in [5.41, 5.74) is 1.63. The number of anilines is 2. The molecule has 2 rings (SSSR count). The molecule has 2 aromatic rings. The summed E-state index contributed by atoms with van der Waals surface area (Å²) in [4.78, 5) is 12.6. The van der Waals surface area contributed by atoms with Gasteiger partial charge in [-0.2, -0.15) is 0 Å².